The number of aromatic nitrogens is 2. The van der Waals surface area contributed by atoms with Crippen LogP contribution in [0.4, 0.5) is 0 Å². The van der Waals surface area contributed by atoms with Gasteiger partial charge in [-0.3, -0.25) is 9.69 Å². The van der Waals surface area contributed by atoms with Gasteiger partial charge in [0.15, 0.2) is 0 Å². The van der Waals surface area contributed by atoms with E-state index in [4.69, 9.17) is 4.74 Å². The number of amides is 1. The van der Waals surface area contributed by atoms with Gasteiger partial charge < -0.3 is 9.64 Å². The predicted molar refractivity (Wildman–Crippen MR) is 125 cm³/mol. The number of nitrogens with zero attached hydrogens (tertiary/aromatic N) is 4. The highest BCUT2D eigenvalue weighted by molar-refractivity contribution is 7.09. The lowest BCUT2D eigenvalue weighted by molar-refractivity contribution is -0.132. The second-order valence-electron chi connectivity index (χ2n) is 7.75. The number of thiazole rings is 2. The molecule has 1 amide bonds. The highest BCUT2D eigenvalue weighted by Crippen LogP contribution is 2.18. The SMILES string of the molecule is CCc1nc(CN2CCN(C(=O)Cc3csc(COc4ccc(C)cc4)n3)CC2)cs1. The Kier molecular flexibility index (Phi) is 7.32. The fourth-order valence-corrected chi connectivity index (χ4v) is 4.95. The molecule has 0 bridgehead atoms. The van der Waals surface area contributed by atoms with E-state index in [0.29, 0.717) is 13.0 Å². The molecule has 1 aliphatic heterocycles. The molecular weight excluding hydrogens is 428 g/mol. The molecule has 1 aliphatic rings. The van der Waals surface area contributed by atoms with Gasteiger partial charge in [0, 0.05) is 43.5 Å². The van der Waals surface area contributed by atoms with Crippen LogP contribution in [0.1, 0.15) is 33.9 Å². The fourth-order valence-electron chi connectivity index (χ4n) is 3.51. The number of hydrogen-bond acceptors (Lipinski definition) is 7. The van der Waals surface area contributed by atoms with Crippen molar-refractivity contribution in [3.05, 3.63) is 62.0 Å². The number of rotatable bonds is 8. The van der Waals surface area contributed by atoms with Gasteiger partial charge in [-0.1, -0.05) is 24.6 Å². The minimum Gasteiger partial charge on any atom is -0.486 e. The number of hydrogen-bond donors (Lipinski definition) is 0. The van der Waals surface area contributed by atoms with Crippen molar-refractivity contribution in [1.29, 1.82) is 0 Å². The maximum atomic E-state index is 12.7. The summed E-state index contributed by atoms with van der Waals surface area (Å²) >= 11 is 3.28. The fraction of sp³-hybridized carbons (Fsp3) is 0.435. The highest BCUT2D eigenvalue weighted by atomic mass is 32.1. The van der Waals surface area contributed by atoms with Gasteiger partial charge >= 0.3 is 0 Å². The van der Waals surface area contributed by atoms with Crippen LogP contribution in [0.15, 0.2) is 35.0 Å². The molecule has 0 aliphatic carbocycles. The van der Waals surface area contributed by atoms with E-state index in [-0.39, 0.29) is 5.91 Å². The van der Waals surface area contributed by atoms with E-state index in [9.17, 15) is 4.79 Å². The minimum atomic E-state index is 0.151. The lowest BCUT2D eigenvalue weighted by Gasteiger charge is -2.34. The molecule has 1 aromatic carbocycles. The first-order valence-corrected chi connectivity index (χ1v) is 12.4. The molecular formula is C23H28N4O2S2. The minimum absolute atomic E-state index is 0.151. The smallest absolute Gasteiger partial charge is 0.228 e. The Morgan fingerprint density at radius 2 is 1.68 bits per heavy atom. The Bertz CT molecular complexity index is 991. The first-order valence-electron chi connectivity index (χ1n) is 10.6. The third kappa shape index (κ3) is 6.12. The van der Waals surface area contributed by atoms with Crippen LogP contribution >= 0.6 is 22.7 Å². The Hall–Kier alpha value is -2.29. The van der Waals surface area contributed by atoms with E-state index in [1.165, 1.54) is 10.6 Å². The summed E-state index contributed by atoms with van der Waals surface area (Å²) in [4.78, 5) is 26.3. The Morgan fingerprint density at radius 3 is 2.39 bits per heavy atom. The molecule has 2 aromatic heterocycles. The van der Waals surface area contributed by atoms with Gasteiger partial charge in [-0.15, -0.1) is 22.7 Å². The maximum absolute atomic E-state index is 12.7. The van der Waals surface area contributed by atoms with Gasteiger partial charge in [0.05, 0.1) is 22.8 Å². The summed E-state index contributed by atoms with van der Waals surface area (Å²) in [6.07, 6.45) is 1.34. The van der Waals surface area contributed by atoms with Crippen molar-refractivity contribution < 1.29 is 9.53 Å². The highest BCUT2D eigenvalue weighted by Gasteiger charge is 2.22. The zero-order chi connectivity index (χ0) is 21.6. The van der Waals surface area contributed by atoms with Gasteiger partial charge in [0.25, 0.3) is 0 Å². The summed E-state index contributed by atoms with van der Waals surface area (Å²) < 4.78 is 5.79. The van der Waals surface area contributed by atoms with E-state index < -0.39 is 0 Å². The quantitative estimate of drug-likeness (QED) is 0.514. The summed E-state index contributed by atoms with van der Waals surface area (Å²) in [5, 5.41) is 6.20. The first kappa shape index (κ1) is 21.9. The summed E-state index contributed by atoms with van der Waals surface area (Å²) in [5.41, 5.74) is 3.18. The van der Waals surface area contributed by atoms with Gasteiger partial charge in [-0.05, 0) is 25.5 Å². The number of carbonyl (C=O) groups excluding carboxylic acids is 1. The van der Waals surface area contributed by atoms with Crippen molar-refractivity contribution in [3.63, 3.8) is 0 Å². The van der Waals surface area contributed by atoms with E-state index in [1.54, 1.807) is 22.7 Å². The van der Waals surface area contributed by atoms with E-state index >= 15 is 0 Å². The normalized spacial score (nSPS) is 14.7. The van der Waals surface area contributed by atoms with Crippen molar-refractivity contribution in [1.82, 2.24) is 19.8 Å². The first-order chi connectivity index (χ1) is 15.1. The van der Waals surface area contributed by atoms with Crippen LogP contribution in [0.2, 0.25) is 0 Å². The van der Waals surface area contributed by atoms with Crippen LogP contribution in [0.3, 0.4) is 0 Å². The molecule has 0 radical (unpaired) electrons. The largest absolute Gasteiger partial charge is 0.486 e. The van der Waals surface area contributed by atoms with Crippen molar-refractivity contribution in [2.75, 3.05) is 26.2 Å². The lowest BCUT2D eigenvalue weighted by atomic mass is 10.2. The second kappa shape index (κ2) is 10.3. The molecule has 8 heteroatoms. The number of aryl methyl sites for hydroxylation is 2. The Morgan fingerprint density at radius 1 is 1.00 bits per heavy atom. The molecule has 0 spiro atoms. The van der Waals surface area contributed by atoms with Crippen LogP contribution in [0, 0.1) is 6.92 Å². The summed E-state index contributed by atoms with van der Waals surface area (Å²) in [5.74, 6) is 0.984. The van der Waals surface area contributed by atoms with Crippen LogP contribution < -0.4 is 4.74 Å². The second-order valence-corrected chi connectivity index (χ2v) is 9.64. The molecule has 164 valence electrons. The van der Waals surface area contributed by atoms with Crippen molar-refractivity contribution >= 4 is 28.6 Å². The van der Waals surface area contributed by atoms with Crippen LogP contribution in [0.5, 0.6) is 5.75 Å². The van der Waals surface area contributed by atoms with E-state index in [2.05, 4.69) is 34.1 Å². The third-order valence-corrected chi connectivity index (χ3v) is 7.24. The summed E-state index contributed by atoms with van der Waals surface area (Å²) in [7, 11) is 0. The number of carbonyl (C=O) groups is 1. The summed E-state index contributed by atoms with van der Waals surface area (Å²) in [6.45, 7) is 8.78. The van der Waals surface area contributed by atoms with Crippen LogP contribution in [-0.2, 0) is 30.8 Å². The lowest BCUT2D eigenvalue weighted by Crippen LogP contribution is -2.48. The molecule has 0 unspecified atom stereocenters. The van der Waals surface area contributed by atoms with Gasteiger partial charge in [-0.25, -0.2) is 9.97 Å². The van der Waals surface area contributed by atoms with Crippen molar-refractivity contribution in [2.45, 2.75) is 39.8 Å². The van der Waals surface area contributed by atoms with Gasteiger partial charge in [0.1, 0.15) is 17.4 Å². The average molecular weight is 457 g/mol. The molecule has 31 heavy (non-hydrogen) atoms. The zero-order valence-electron chi connectivity index (χ0n) is 18.0. The predicted octanol–water partition coefficient (Wildman–Crippen LogP) is 3.94. The van der Waals surface area contributed by atoms with Gasteiger partial charge in [-0.2, -0.15) is 0 Å². The Balaban J connectivity index is 1.21. The average Bonchev–Trinajstić information content (AvgIpc) is 3.43. The van der Waals surface area contributed by atoms with Crippen molar-refractivity contribution in [3.8, 4) is 5.75 Å². The molecule has 0 atom stereocenters. The van der Waals surface area contributed by atoms with Gasteiger partial charge in [0.2, 0.25) is 5.91 Å². The molecule has 3 aromatic rings. The van der Waals surface area contributed by atoms with Crippen LogP contribution in [0.25, 0.3) is 0 Å². The molecule has 3 heterocycles. The molecule has 0 N–H and O–H groups in total. The monoisotopic (exact) mass is 456 g/mol. The van der Waals surface area contributed by atoms with Crippen LogP contribution in [-0.4, -0.2) is 51.9 Å². The molecule has 1 fully saturated rings. The summed E-state index contributed by atoms with van der Waals surface area (Å²) in [6, 6.07) is 7.98. The molecule has 1 saturated heterocycles. The standard InChI is InChI=1S/C23H28N4O2S2/c1-3-21-25-19(16-30-21)13-26-8-10-27(11-9-26)23(28)12-18-15-31-22(24-18)14-29-20-6-4-17(2)5-7-20/h4-7,15-16H,3,8-14H2,1-2H3. The number of piperazine rings is 1. The number of ether oxygens (including phenoxy) is 1. The molecule has 0 saturated carbocycles. The number of benzene rings is 1. The molecule has 6 nitrogen and oxygen atoms in total. The van der Waals surface area contributed by atoms with E-state index in [0.717, 1.165) is 61.3 Å². The topological polar surface area (TPSA) is 58.6 Å². The zero-order valence-corrected chi connectivity index (χ0v) is 19.7. The third-order valence-electron chi connectivity index (χ3n) is 5.33. The Labute approximate surface area is 191 Å². The maximum Gasteiger partial charge on any atom is 0.228 e. The molecule has 4 rings (SSSR count). The van der Waals surface area contributed by atoms with Crippen molar-refractivity contribution in [2.24, 2.45) is 0 Å². The van der Waals surface area contributed by atoms with E-state index in [1.807, 2.05) is 34.5 Å².